The van der Waals surface area contributed by atoms with Gasteiger partial charge in [0.1, 0.15) is 16.7 Å². The van der Waals surface area contributed by atoms with Crippen molar-refractivity contribution >= 4 is 38.0 Å². The Kier molecular flexibility index (Phi) is 7.50. The van der Waals surface area contributed by atoms with E-state index in [4.69, 9.17) is 9.84 Å². The molecule has 2 atom stereocenters. The van der Waals surface area contributed by atoms with Crippen molar-refractivity contribution in [3.05, 3.63) is 70.3 Å². The molecule has 2 unspecified atom stereocenters. The van der Waals surface area contributed by atoms with Gasteiger partial charge in [0.05, 0.1) is 44.7 Å². The molecule has 4 aromatic rings. The molecular weight excluding hydrogens is 562 g/mol. The zero-order valence-corrected chi connectivity index (χ0v) is 23.8. The molecule has 1 saturated carbocycles. The van der Waals surface area contributed by atoms with Crippen molar-refractivity contribution in [1.82, 2.24) is 20.1 Å². The van der Waals surface area contributed by atoms with Gasteiger partial charge in [0.15, 0.2) is 9.84 Å². The van der Waals surface area contributed by atoms with Crippen molar-refractivity contribution < 1.29 is 23.1 Å². The molecule has 6 rings (SSSR count). The van der Waals surface area contributed by atoms with Gasteiger partial charge in [0.25, 0.3) is 5.91 Å². The molecule has 2 aromatic heterocycles. The molecule has 2 aromatic carbocycles. The predicted octanol–water partition coefficient (Wildman–Crippen LogP) is 4.19. The number of sulfone groups is 1. The van der Waals surface area contributed by atoms with E-state index >= 15 is 0 Å². The highest BCUT2D eigenvalue weighted by atomic mass is 32.2. The van der Waals surface area contributed by atoms with E-state index in [0.29, 0.717) is 41.8 Å². The second kappa shape index (κ2) is 11.2. The lowest BCUT2D eigenvalue weighted by Crippen LogP contribution is -2.37. The Morgan fingerprint density at radius 1 is 1.15 bits per heavy atom. The van der Waals surface area contributed by atoms with Crippen LogP contribution in [-0.4, -0.2) is 59.2 Å². The summed E-state index contributed by atoms with van der Waals surface area (Å²) in [6.07, 6.45) is 5.99. The number of carbonyl (C=O) groups excluding carboxylic acids is 1. The summed E-state index contributed by atoms with van der Waals surface area (Å²) in [5.41, 5.74) is 0.792. The van der Waals surface area contributed by atoms with Crippen LogP contribution in [0.1, 0.15) is 57.9 Å². The van der Waals surface area contributed by atoms with Gasteiger partial charge in [-0.15, -0.1) is 11.3 Å². The molecule has 12 heteroatoms. The molecule has 1 aliphatic carbocycles. The van der Waals surface area contributed by atoms with Crippen LogP contribution in [0.4, 0.5) is 0 Å². The van der Waals surface area contributed by atoms with Crippen LogP contribution in [0.5, 0.6) is 5.75 Å². The van der Waals surface area contributed by atoms with Crippen LogP contribution < -0.4 is 5.32 Å². The Balaban J connectivity index is 1.45. The molecule has 1 saturated heterocycles. The first-order chi connectivity index (χ1) is 19.9. The van der Waals surface area contributed by atoms with Gasteiger partial charge in [-0.1, -0.05) is 18.2 Å². The molecule has 0 bridgehead atoms. The lowest BCUT2D eigenvalue weighted by atomic mass is 9.81. The standard InChI is InChI=1S/C29H29N5O5S2/c30-14-19-15-32-29(40-19)27(18-10-12-39-13-11-18)24(17-31-28(36)21-4-1-2-6-25(21)35)34-23-5-3-7-26(22(23)16-33-34)41(37,38)20-8-9-20/h1-7,15-16,18,20,24,27,35H,8-13,17H2,(H,31,36). The van der Waals surface area contributed by atoms with Gasteiger partial charge in [0, 0.05) is 31.1 Å². The number of thiazole rings is 1. The molecule has 0 spiro atoms. The number of fused-ring (bicyclic) bond motifs is 1. The van der Waals surface area contributed by atoms with E-state index in [0.717, 1.165) is 17.8 Å². The van der Waals surface area contributed by atoms with Gasteiger partial charge in [-0.25, -0.2) is 13.4 Å². The number of amides is 1. The molecule has 2 aliphatic rings. The van der Waals surface area contributed by atoms with Crippen molar-refractivity contribution in [2.75, 3.05) is 19.8 Å². The smallest absolute Gasteiger partial charge is 0.255 e. The number of nitrogens with zero attached hydrogens (tertiary/aromatic N) is 4. The van der Waals surface area contributed by atoms with Gasteiger partial charge in [-0.05, 0) is 55.9 Å². The summed E-state index contributed by atoms with van der Waals surface area (Å²) < 4.78 is 34.0. The number of phenols is 1. The molecular formula is C29H29N5O5S2. The normalized spacial score (nSPS) is 17.6. The maximum absolute atomic E-state index is 13.3. The molecule has 212 valence electrons. The van der Waals surface area contributed by atoms with Gasteiger partial charge >= 0.3 is 0 Å². The summed E-state index contributed by atoms with van der Waals surface area (Å²) in [7, 11) is -3.48. The Morgan fingerprint density at radius 2 is 1.93 bits per heavy atom. The number of para-hydroxylation sites is 1. The van der Waals surface area contributed by atoms with E-state index in [-0.39, 0.29) is 39.8 Å². The SMILES string of the molecule is N#Cc1cnc(C(C2CCOCC2)C(CNC(=O)c2ccccc2O)n2ncc3c(S(=O)(=O)C4CC4)cccc32)s1. The summed E-state index contributed by atoms with van der Waals surface area (Å²) in [6.45, 7) is 1.30. The fraction of sp³-hybridized carbons (Fsp3) is 0.379. The summed E-state index contributed by atoms with van der Waals surface area (Å²) in [4.78, 5) is 18.6. The van der Waals surface area contributed by atoms with Crippen molar-refractivity contribution in [3.8, 4) is 11.8 Å². The number of carbonyl (C=O) groups is 1. The number of rotatable bonds is 9. The van der Waals surface area contributed by atoms with Crippen LogP contribution in [0.15, 0.2) is 59.8 Å². The van der Waals surface area contributed by atoms with Crippen molar-refractivity contribution in [2.45, 2.75) is 47.8 Å². The van der Waals surface area contributed by atoms with Crippen LogP contribution in [0, 0.1) is 17.2 Å². The van der Waals surface area contributed by atoms with Gasteiger partial charge < -0.3 is 15.2 Å². The second-order valence-corrected chi connectivity index (χ2v) is 13.7. The zero-order chi connectivity index (χ0) is 28.6. The number of nitrogens with one attached hydrogen (secondary N) is 1. The number of benzene rings is 2. The first-order valence-electron chi connectivity index (χ1n) is 13.6. The Bertz CT molecular complexity index is 1730. The number of aromatic hydroxyl groups is 1. The van der Waals surface area contributed by atoms with Gasteiger partial charge in [-0.2, -0.15) is 10.4 Å². The highest BCUT2D eigenvalue weighted by Crippen LogP contribution is 2.43. The minimum atomic E-state index is -3.48. The molecule has 2 fully saturated rings. The van der Waals surface area contributed by atoms with E-state index in [1.165, 1.54) is 17.4 Å². The number of nitriles is 1. The topological polar surface area (TPSA) is 147 Å². The van der Waals surface area contributed by atoms with Crippen molar-refractivity contribution in [1.29, 1.82) is 5.26 Å². The predicted molar refractivity (Wildman–Crippen MR) is 153 cm³/mol. The number of aromatic nitrogens is 3. The van der Waals surface area contributed by atoms with E-state index in [2.05, 4.69) is 16.4 Å². The summed E-state index contributed by atoms with van der Waals surface area (Å²) in [6, 6.07) is 13.2. The summed E-state index contributed by atoms with van der Waals surface area (Å²) in [5, 5.41) is 28.4. The molecule has 10 nitrogen and oxygen atoms in total. The zero-order valence-electron chi connectivity index (χ0n) is 22.1. The van der Waals surface area contributed by atoms with Crippen LogP contribution in [-0.2, 0) is 14.6 Å². The largest absolute Gasteiger partial charge is 0.507 e. The fourth-order valence-corrected chi connectivity index (χ4v) is 8.50. The Labute approximate surface area is 241 Å². The fourth-order valence-electron chi connectivity index (χ4n) is 5.69. The van der Waals surface area contributed by atoms with Crippen molar-refractivity contribution in [2.24, 2.45) is 5.92 Å². The Morgan fingerprint density at radius 3 is 2.63 bits per heavy atom. The number of ether oxygens (including phenoxy) is 1. The lowest BCUT2D eigenvalue weighted by Gasteiger charge is -2.35. The molecule has 2 N–H and O–H groups in total. The molecule has 3 heterocycles. The highest BCUT2D eigenvalue weighted by Gasteiger charge is 2.40. The average molecular weight is 592 g/mol. The first-order valence-corrected chi connectivity index (χ1v) is 15.9. The van der Waals surface area contributed by atoms with Crippen LogP contribution in [0.2, 0.25) is 0 Å². The maximum Gasteiger partial charge on any atom is 0.255 e. The maximum atomic E-state index is 13.3. The second-order valence-electron chi connectivity index (χ2n) is 10.5. The Hall–Kier alpha value is -3.79. The quantitative estimate of drug-likeness (QED) is 0.295. The monoisotopic (exact) mass is 591 g/mol. The third-order valence-corrected chi connectivity index (χ3v) is 11.2. The third kappa shape index (κ3) is 5.32. The minimum Gasteiger partial charge on any atom is -0.507 e. The van der Waals surface area contributed by atoms with E-state index in [1.54, 1.807) is 47.4 Å². The molecule has 41 heavy (non-hydrogen) atoms. The molecule has 1 aliphatic heterocycles. The summed E-state index contributed by atoms with van der Waals surface area (Å²) in [5.74, 6) is -0.696. The van der Waals surface area contributed by atoms with Crippen LogP contribution in [0.25, 0.3) is 10.9 Å². The number of hydrogen-bond acceptors (Lipinski definition) is 9. The first kappa shape index (κ1) is 27.4. The molecule has 0 radical (unpaired) electrons. The number of phenolic OH excluding ortho intramolecular Hbond substituents is 1. The van der Waals surface area contributed by atoms with Gasteiger partial charge in [0.2, 0.25) is 0 Å². The van der Waals surface area contributed by atoms with Crippen molar-refractivity contribution in [3.63, 3.8) is 0 Å². The molecule has 1 amide bonds. The van der Waals surface area contributed by atoms with Crippen LogP contribution in [0.3, 0.4) is 0 Å². The van der Waals surface area contributed by atoms with E-state index < -0.39 is 21.8 Å². The average Bonchev–Trinajstić information content (AvgIpc) is 3.62. The highest BCUT2D eigenvalue weighted by molar-refractivity contribution is 7.92. The lowest BCUT2D eigenvalue weighted by molar-refractivity contribution is 0.0497. The third-order valence-electron chi connectivity index (χ3n) is 7.91. The number of hydrogen-bond donors (Lipinski definition) is 2. The summed E-state index contributed by atoms with van der Waals surface area (Å²) >= 11 is 1.32. The van der Waals surface area contributed by atoms with Gasteiger partial charge in [-0.3, -0.25) is 9.48 Å². The van der Waals surface area contributed by atoms with E-state index in [9.17, 15) is 23.6 Å². The van der Waals surface area contributed by atoms with E-state index in [1.807, 2.05) is 6.07 Å². The minimum absolute atomic E-state index is 0.117. The van der Waals surface area contributed by atoms with Crippen LogP contribution >= 0.6 is 11.3 Å².